The Hall–Kier alpha value is -2.57. The molecule has 152 valence electrons. The molecule has 0 atom stereocenters. The van der Waals surface area contributed by atoms with Gasteiger partial charge in [0, 0.05) is 43.3 Å². The smallest absolute Gasteiger partial charge is 0.315 e. The van der Waals surface area contributed by atoms with Crippen molar-refractivity contribution in [2.75, 3.05) is 18.4 Å². The van der Waals surface area contributed by atoms with Gasteiger partial charge in [0.25, 0.3) is 5.91 Å². The topological polar surface area (TPSA) is 90.5 Å². The summed E-state index contributed by atoms with van der Waals surface area (Å²) in [6.07, 6.45) is 7.27. The summed E-state index contributed by atoms with van der Waals surface area (Å²) < 4.78 is 0. The van der Waals surface area contributed by atoms with Gasteiger partial charge < -0.3 is 20.9 Å². The van der Waals surface area contributed by atoms with Crippen molar-refractivity contribution < 1.29 is 14.4 Å². The molecule has 1 aromatic rings. The van der Waals surface area contributed by atoms with Crippen molar-refractivity contribution in [3.8, 4) is 0 Å². The molecular weight excluding hydrogens is 356 g/mol. The predicted octanol–water partition coefficient (Wildman–Crippen LogP) is 2.88. The lowest BCUT2D eigenvalue weighted by Gasteiger charge is -2.33. The lowest BCUT2D eigenvalue weighted by atomic mass is 9.96. The third kappa shape index (κ3) is 5.71. The summed E-state index contributed by atoms with van der Waals surface area (Å²) >= 11 is 0. The molecule has 0 bridgehead atoms. The number of amides is 4. The summed E-state index contributed by atoms with van der Waals surface area (Å²) in [7, 11) is 0. The van der Waals surface area contributed by atoms with Gasteiger partial charge in [0.1, 0.15) is 0 Å². The second-order valence-corrected chi connectivity index (χ2v) is 7.78. The van der Waals surface area contributed by atoms with Gasteiger partial charge >= 0.3 is 6.03 Å². The fraction of sp³-hybridized carbons (Fsp3) is 0.571. The van der Waals surface area contributed by atoms with E-state index in [0.717, 1.165) is 25.7 Å². The average Bonchev–Trinajstić information content (AvgIpc) is 2.68. The quantitative estimate of drug-likeness (QED) is 0.743. The minimum atomic E-state index is -0.164. The lowest BCUT2D eigenvalue weighted by molar-refractivity contribution is -0.114. The molecule has 3 rings (SSSR count). The minimum Gasteiger partial charge on any atom is -0.338 e. The number of likely N-dealkylation sites (tertiary alicyclic amines) is 1. The minimum absolute atomic E-state index is 0.0442. The molecule has 2 fully saturated rings. The molecule has 1 heterocycles. The summed E-state index contributed by atoms with van der Waals surface area (Å²) in [6.45, 7) is 2.66. The molecule has 4 amide bonds. The Morgan fingerprint density at radius 2 is 1.57 bits per heavy atom. The molecule has 1 aromatic carbocycles. The van der Waals surface area contributed by atoms with Crippen LogP contribution in [0, 0.1) is 0 Å². The van der Waals surface area contributed by atoms with Gasteiger partial charge in [-0.2, -0.15) is 0 Å². The van der Waals surface area contributed by atoms with Crippen LogP contribution in [0.15, 0.2) is 24.3 Å². The fourth-order valence-corrected chi connectivity index (χ4v) is 4.00. The fourth-order valence-electron chi connectivity index (χ4n) is 4.00. The normalized spacial score (nSPS) is 18.4. The van der Waals surface area contributed by atoms with E-state index in [1.807, 2.05) is 4.90 Å². The number of anilines is 1. The number of hydrogen-bond acceptors (Lipinski definition) is 3. The first-order chi connectivity index (χ1) is 13.5. The van der Waals surface area contributed by atoms with E-state index < -0.39 is 0 Å². The summed E-state index contributed by atoms with van der Waals surface area (Å²) in [5.41, 5.74) is 1.18. The highest BCUT2D eigenvalue weighted by molar-refractivity contribution is 5.96. The Morgan fingerprint density at radius 3 is 2.21 bits per heavy atom. The zero-order valence-corrected chi connectivity index (χ0v) is 16.5. The number of hydrogen-bond donors (Lipinski definition) is 3. The molecular formula is C21H30N4O3. The molecule has 2 aliphatic rings. The van der Waals surface area contributed by atoms with Crippen LogP contribution in [0.1, 0.15) is 62.2 Å². The maximum absolute atomic E-state index is 12.7. The van der Waals surface area contributed by atoms with Crippen molar-refractivity contribution in [3.05, 3.63) is 29.8 Å². The second-order valence-electron chi connectivity index (χ2n) is 7.78. The lowest BCUT2D eigenvalue weighted by Crippen LogP contribution is -2.51. The summed E-state index contributed by atoms with van der Waals surface area (Å²) in [4.78, 5) is 38.0. The Kier molecular flexibility index (Phi) is 6.90. The highest BCUT2D eigenvalue weighted by Gasteiger charge is 2.25. The zero-order chi connectivity index (χ0) is 19.9. The number of rotatable bonds is 4. The molecule has 0 radical (unpaired) electrons. The van der Waals surface area contributed by atoms with E-state index in [4.69, 9.17) is 0 Å². The average molecular weight is 386 g/mol. The molecule has 7 nitrogen and oxygen atoms in total. The predicted molar refractivity (Wildman–Crippen MR) is 108 cm³/mol. The van der Waals surface area contributed by atoms with Crippen LogP contribution in [0.4, 0.5) is 10.5 Å². The standard InChI is InChI=1S/C21H30N4O3/c1-15(26)22-19-9-5-6-16(14-19)20(27)25-12-10-18(11-13-25)24-21(28)23-17-7-3-2-4-8-17/h5-6,9,14,17-18H,2-4,7-8,10-13H2,1H3,(H,22,26)(H2,23,24,28). The number of nitrogens with zero attached hydrogens (tertiary/aromatic N) is 1. The van der Waals surface area contributed by atoms with Crippen LogP contribution >= 0.6 is 0 Å². The molecule has 0 spiro atoms. The van der Waals surface area contributed by atoms with Crippen LogP contribution in [0.2, 0.25) is 0 Å². The van der Waals surface area contributed by atoms with E-state index in [1.54, 1.807) is 24.3 Å². The Balaban J connectivity index is 1.46. The van der Waals surface area contributed by atoms with Gasteiger partial charge in [-0.25, -0.2) is 4.79 Å². The largest absolute Gasteiger partial charge is 0.338 e. The first-order valence-electron chi connectivity index (χ1n) is 10.3. The molecule has 7 heteroatoms. The van der Waals surface area contributed by atoms with Crippen LogP contribution in [0.3, 0.4) is 0 Å². The highest BCUT2D eigenvalue weighted by Crippen LogP contribution is 2.18. The number of piperidine rings is 1. The molecule has 1 saturated carbocycles. The molecule has 0 unspecified atom stereocenters. The van der Waals surface area contributed by atoms with Crippen LogP contribution in [0.5, 0.6) is 0 Å². The molecule has 0 aromatic heterocycles. The first kappa shape index (κ1) is 20.2. The van der Waals surface area contributed by atoms with Crippen molar-refractivity contribution in [2.24, 2.45) is 0 Å². The van der Waals surface area contributed by atoms with E-state index in [1.165, 1.54) is 26.2 Å². The summed E-state index contributed by atoms with van der Waals surface area (Å²) in [5.74, 6) is -0.208. The van der Waals surface area contributed by atoms with Gasteiger partial charge in [-0.05, 0) is 43.9 Å². The van der Waals surface area contributed by atoms with Crippen LogP contribution in [0.25, 0.3) is 0 Å². The number of carbonyl (C=O) groups excluding carboxylic acids is 3. The van der Waals surface area contributed by atoms with E-state index in [9.17, 15) is 14.4 Å². The van der Waals surface area contributed by atoms with Crippen LogP contribution < -0.4 is 16.0 Å². The van der Waals surface area contributed by atoms with Crippen LogP contribution in [-0.2, 0) is 4.79 Å². The Bertz CT molecular complexity index is 707. The van der Waals surface area contributed by atoms with E-state index in [0.29, 0.717) is 30.4 Å². The molecule has 1 aliphatic heterocycles. The van der Waals surface area contributed by atoms with Gasteiger partial charge in [-0.15, -0.1) is 0 Å². The third-order valence-electron chi connectivity index (χ3n) is 5.49. The van der Waals surface area contributed by atoms with E-state index >= 15 is 0 Å². The van der Waals surface area contributed by atoms with Crippen molar-refractivity contribution in [1.29, 1.82) is 0 Å². The SMILES string of the molecule is CC(=O)Nc1cccc(C(=O)N2CCC(NC(=O)NC3CCCCC3)CC2)c1. The summed E-state index contributed by atoms with van der Waals surface area (Å²) in [5, 5.41) is 8.84. The Morgan fingerprint density at radius 1 is 0.929 bits per heavy atom. The zero-order valence-electron chi connectivity index (χ0n) is 16.5. The van der Waals surface area contributed by atoms with E-state index in [2.05, 4.69) is 16.0 Å². The van der Waals surface area contributed by atoms with Crippen molar-refractivity contribution in [1.82, 2.24) is 15.5 Å². The molecule has 1 saturated heterocycles. The van der Waals surface area contributed by atoms with Crippen molar-refractivity contribution >= 4 is 23.5 Å². The second kappa shape index (κ2) is 9.57. The molecule has 1 aliphatic carbocycles. The Labute approximate surface area is 166 Å². The molecule has 3 N–H and O–H groups in total. The number of urea groups is 1. The van der Waals surface area contributed by atoms with Gasteiger partial charge in [0.05, 0.1) is 0 Å². The van der Waals surface area contributed by atoms with E-state index in [-0.39, 0.29) is 23.9 Å². The van der Waals surface area contributed by atoms with Crippen molar-refractivity contribution in [2.45, 2.75) is 64.0 Å². The van der Waals surface area contributed by atoms with Gasteiger partial charge in [-0.1, -0.05) is 25.3 Å². The maximum Gasteiger partial charge on any atom is 0.315 e. The molecule has 28 heavy (non-hydrogen) atoms. The van der Waals surface area contributed by atoms with Crippen LogP contribution in [-0.4, -0.2) is 47.9 Å². The number of carbonyl (C=O) groups is 3. The van der Waals surface area contributed by atoms with Gasteiger partial charge in [0.2, 0.25) is 5.91 Å². The maximum atomic E-state index is 12.7. The van der Waals surface area contributed by atoms with Gasteiger partial charge in [-0.3, -0.25) is 9.59 Å². The highest BCUT2D eigenvalue weighted by atomic mass is 16.2. The number of nitrogens with one attached hydrogen (secondary N) is 3. The third-order valence-corrected chi connectivity index (χ3v) is 5.49. The first-order valence-corrected chi connectivity index (χ1v) is 10.3. The number of benzene rings is 1. The summed E-state index contributed by atoms with van der Waals surface area (Å²) in [6, 6.07) is 7.30. The van der Waals surface area contributed by atoms with Gasteiger partial charge in [0.15, 0.2) is 0 Å². The monoisotopic (exact) mass is 386 g/mol. The van der Waals surface area contributed by atoms with Crippen molar-refractivity contribution in [3.63, 3.8) is 0 Å².